The van der Waals surface area contributed by atoms with E-state index in [0.717, 1.165) is 10.9 Å². The van der Waals surface area contributed by atoms with Crippen molar-refractivity contribution in [2.24, 2.45) is 0 Å². The van der Waals surface area contributed by atoms with Crippen molar-refractivity contribution >= 4 is 6.29 Å². The summed E-state index contributed by atoms with van der Waals surface area (Å²) in [4.78, 5) is 10.3. The van der Waals surface area contributed by atoms with E-state index in [2.05, 4.69) is 10.3 Å². The highest BCUT2D eigenvalue weighted by Crippen LogP contribution is 2.23. The zero-order valence-electron chi connectivity index (χ0n) is 9.00. The number of aromatic nitrogens is 3. The molecule has 0 radical (unpaired) electrons. The average molecular weight is 277 g/mol. The molecule has 0 bridgehead atoms. The van der Waals surface area contributed by atoms with E-state index in [-0.39, 0.29) is 5.69 Å². The fraction of sp³-hybridized carbons (Fsp3) is 0.100. The van der Waals surface area contributed by atoms with Gasteiger partial charge in [-0.2, -0.15) is 0 Å². The molecule has 0 amide bonds. The zero-order valence-corrected chi connectivity index (χ0v) is 9.00. The fourth-order valence-electron chi connectivity index (χ4n) is 1.40. The van der Waals surface area contributed by atoms with Crippen molar-refractivity contribution in [1.82, 2.24) is 15.0 Å². The topological polar surface area (TPSA) is 47.8 Å². The Balaban J connectivity index is 2.48. The maximum Gasteiger partial charge on any atom is 0.200 e. The quantitative estimate of drug-likeness (QED) is 0.372. The average Bonchev–Trinajstić information content (AvgIpc) is 2.87. The lowest BCUT2D eigenvalue weighted by Crippen LogP contribution is -2.11. The number of hydrogen-bond acceptors (Lipinski definition) is 3. The van der Waals surface area contributed by atoms with Crippen LogP contribution in [0.2, 0.25) is 0 Å². The molecule has 1 aromatic carbocycles. The molecule has 0 aliphatic rings. The molecule has 9 heteroatoms. The monoisotopic (exact) mass is 277 g/mol. The predicted molar refractivity (Wildman–Crippen MR) is 50.7 cm³/mol. The molecule has 0 spiro atoms. The molecular formula is C10H4F5N3O. The third-order valence-corrected chi connectivity index (χ3v) is 2.30. The van der Waals surface area contributed by atoms with Crippen LogP contribution in [0.5, 0.6) is 0 Å². The number of carbonyl (C=O) groups excluding carboxylic acids is 1. The number of aldehydes is 1. The number of halogens is 5. The van der Waals surface area contributed by atoms with Crippen LogP contribution in [0.1, 0.15) is 16.1 Å². The first-order chi connectivity index (χ1) is 8.95. The highest BCUT2D eigenvalue weighted by atomic mass is 19.2. The van der Waals surface area contributed by atoms with Gasteiger partial charge in [0, 0.05) is 0 Å². The fourth-order valence-corrected chi connectivity index (χ4v) is 1.40. The molecule has 0 aliphatic carbocycles. The van der Waals surface area contributed by atoms with Crippen LogP contribution in [0.3, 0.4) is 0 Å². The first kappa shape index (κ1) is 13.1. The first-order valence-electron chi connectivity index (χ1n) is 4.81. The van der Waals surface area contributed by atoms with Gasteiger partial charge in [-0.15, -0.1) is 5.10 Å². The van der Waals surface area contributed by atoms with E-state index in [1.807, 2.05) is 0 Å². The third-order valence-electron chi connectivity index (χ3n) is 2.30. The summed E-state index contributed by atoms with van der Waals surface area (Å²) in [6.45, 7) is -0.743. The summed E-state index contributed by atoms with van der Waals surface area (Å²) in [5.41, 5.74) is -1.19. The SMILES string of the molecule is O=Cc1cn(Cc2c(F)c(F)c(F)c(F)c2F)nn1. The number of hydrogen-bond donors (Lipinski definition) is 0. The Kier molecular flexibility index (Phi) is 3.28. The Morgan fingerprint density at radius 1 is 1.00 bits per heavy atom. The zero-order chi connectivity index (χ0) is 14.2. The molecular weight excluding hydrogens is 273 g/mol. The highest BCUT2D eigenvalue weighted by molar-refractivity contribution is 5.70. The molecule has 2 rings (SSSR count). The Hall–Kier alpha value is -2.32. The Morgan fingerprint density at radius 3 is 2.00 bits per heavy atom. The minimum atomic E-state index is -2.23. The first-order valence-corrected chi connectivity index (χ1v) is 4.81. The lowest BCUT2D eigenvalue weighted by atomic mass is 10.1. The number of rotatable bonds is 3. The maximum absolute atomic E-state index is 13.3. The predicted octanol–water partition coefficient (Wildman–Crippen LogP) is 1.83. The van der Waals surface area contributed by atoms with Gasteiger partial charge >= 0.3 is 0 Å². The van der Waals surface area contributed by atoms with E-state index in [4.69, 9.17) is 0 Å². The van der Waals surface area contributed by atoms with Crippen molar-refractivity contribution in [3.05, 3.63) is 46.5 Å². The summed E-state index contributed by atoms with van der Waals surface area (Å²) >= 11 is 0. The molecule has 0 saturated carbocycles. The molecule has 0 aliphatic heterocycles. The highest BCUT2D eigenvalue weighted by Gasteiger charge is 2.25. The van der Waals surface area contributed by atoms with Crippen LogP contribution in [0, 0.1) is 29.1 Å². The van der Waals surface area contributed by atoms with Crippen molar-refractivity contribution in [1.29, 1.82) is 0 Å². The lowest BCUT2D eigenvalue weighted by molar-refractivity contribution is 0.111. The van der Waals surface area contributed by atoms with Gasteiger partial charge in [-0.3, -0.25) is 4.79 Å². The molecule has 1 aromatic heterocycles. The summed E-state index contributed by atoms with van der Waals surface area (Å²) in [7, 11) is 0. The minimum absolute atomic E-state index is 0.135. The summed E-state index contributed by atoms with van der Waals surface area (Å²) in [6.07, 6.45) is 1.33. The lowest BCUT2D eigenvalue weighted by Gasteiger charge is -2.07. The standard InChI is InChI=1S/C10H4F5N3O/c11-6-5(2-18-1-4(3-19)16-17-18)7(12)9(14)10(15)8(6)13/h1,3H,2H2. The molecule has 4 nitrogen and oxygen atoms in total. The van der Waals surface area contributed by atoms with Crippen LogP contribution in [-0.2, 0) is 6.54 Å². The van der Waals surface area contributed by atoms with Gasteiger partial charge in [-0.25, -0.2) is 26.6 Å². The Morgan fingerprint density at radius 2 is 1.53 bits per heavy atom. The van der Waals surface area contributed by atoms with Gasteiger partial charge in [-0.1, -0.05) is 5.21 Å². The molecule has 1 heterocycles. The molecule has 0 N–H and O–H groups in total. The molecule has 2 aromatic rings. The van der Waals surface area contributed by atoms with Gasteiger partial charge in [0.25, 0.3) is 0 Å². The van der Waals surface area contributed by atoms with Crippen molar-refractivity contribution in [3.8, 4) is 0 Å². The number of carbonyl (C=O) groups is 1. The molecule has 0 unspecified atom stereocenters. The maximum atomic E-state index is 13.3. The number of nitrogens with zero attached hydrogens (tertiary/aromatic N) is 3. The molecule has 0 atom stereocenters. The Bertz CT molecular complexity index is 626. The van der Waals surface area contributed by atoms with Gasteiger partial charge in [0.15, 0.2) is 29.6 Å². The number of benzene rings is 1. The minimum Gasteiger partial charge on any atom is -0.296 e. The summed E-state index contributed by atoms with van der Waals surface area (Å²) in [5, 5.41) is 6.60. The summed E-state index contributed by atoms with van der Waals surface area (Å²) in [6, 6.07) is 0. The van der Waals surface area contributed by atoms with Crippen molar-refractivity contribution in [2.75, 3.05) is 0 Å². The molecule has 100 valence electrons. The van der Waals surface area contributed by atoms with Crippen LogP contribution in [0.15, 0.2) is 6.20 Å². The van der Waals surface area contributed by atoms with Crippen molar-refractivity contribution in [2.45, 2.75) is 6.54 Å². The van der Waals surface area contributed by atoms with E-state index in [9.17, 15) is 26.7 Å². The normalized spacial score (nSPS) is 10.8. The second-order valence-electron chi connectivity index (χ2n) is 3.51. The van der Waals surface area contributed by atoms with Crippen molar-refractivity contribution in [3.63, 3.8) is 0 Å². The van der Waals surface area contributed by atoms with Gasteiger partial charge in [0.2, 0.25) is 5.82 Å². The van der Waals surface area contributed by atoms with Crippen molar-refractivity contribution < 1.29 is 26.7 Å². The van der Waals surface area contributed by atoms with E-state index < -0.39 is 41.2 Å². The van der Waals surface area contributed by atoms with E-state index >= 15 is 0 Å². The van der Waals surface area contributed by atoms with Crippen LogP contribution in [0.4, 0.5) is 22.0 Å². The summed E-state index contributed by atoms with van der Waals surface area (Å²) in [5.74, 6) is -10.2. The Labute approximate surface area is 102 Å². The molecule has 0 saturated heterocycles. The van der Waals surface area contributed by atoms with Crippen LogP contribution < -0.4 is 0 Å². The summed E-state index contributed by atoms with van der Waals surface area (Å²) < 4.78 is 66.0. The van der Waals surface area contributed by atoms with E-state index in [1.165, 1.54) is 0 Å². The van der Waals surface area contributed by atoms with Gasteiger partial charge in [0.1, 0.15) is 5.69 Å². The largest absolute Gasteiger partial charge is 0.296 e. The van der Waals surface area contributed by atoms with Crippen LogP contribution >= 0.6 is 0 Å². The smallest absolute Gasteiger partial charge is 0.200 e. The van der Waals surface area contributed by atoms with Gasteiger partial charge in [-0.05, 0) is 0 Å². The van der Waals surface area contributed by atoms with Gasteiger partial charge < -0.3 is 0 Å². The van der Waals surface area contributed by atoms with Crippen LogP contribution in [-0.4, -0.2) is 21.3 Å². The third kappa shape index (κ3) is 2.18. The second kappa shape index (κ2) is 4.75. The second-order valence-corrected chi connectivity index (χ2v) is 3.51. The molecule has 0 fully saturated rings. The van der Waals surface area contributed by atoms with E-state index in [1.54, 1.807) is 0 Å². The van der Waals surface area contributed by atoms with Gasteiger partial charge in [0.05, 0.1) is 18.3 Å². The van der Waals surface area contributed by atoms with E-state index in [0.29, 0.717) is 6.29 Å². The molecule has 19 heavy (non-hydrogen) atoms. The van der Waals surface area contributed by atoms with Crippen LogP contribution in [0.25, 0.3) is 0 Å².